The topological polar surface area (TPSA) is 162 Å². The number of benzene rings is 3. The second kappa shape index (κ2) is 12.5. The van der Waals surface area contributed by atoms with Crippen LogP contribution in [0.5, 0.6) is 0 Å². The molecular weight excluding hydrogens is 549 g/mol. The van der Waals surface area contributed by atoms with Crippen LogP contribution in [0, 0.1) is 29.8 Å². The van der Waals surface area contributed by atoms with Crippen molar-refractivity contribution in [3.8, 4) is 0 Å². The van der Waals surface area contributed by atoms with E-state index in [-0.39, 0.29) is 29.9 Å². The summed E-state index contributed by atoms with van der Waals surface area (Å²) in [5.41, 5.74) is 2.18. The average Bonchev–Trinajstić information content (AvgIpc) is 3.37. The molecule has 1 heterocycles. The summed E-state index contributed by atoms with van der Waals surface area (Å²) in [6, 6.07) is 13.3. The quantitative estimate of drug-likeness (QED) is 0.269. The van der Waals surface area contributed by atoms with Gasteiger partial charge in [0.05, 0.1) is 17.4 Å². The van der Waals surface area contributed by atoms with Gasteiger partial charge >= 0.3 is 12.0 Å². The van der Waals surface area contributed by atoms with Gasteiger partial charge in [0.15, 0.2) is 6.17 Å². The highest BCUT2D eigenvalue weighted by Gasteiger charge is 2.44. The molecular formula is C29H28FN5O7. The van der Waals surface area contributed by atoms with Crippen LogP contribution >= 0.6 is 0 Å². The number of anilines is 1. The molecule has 0 radical (unpaired) electrons. The predicted octanol–water partition coefficient (Wildman–Crippen LogP) is 4.00. The van der Waals surface area contributed by atoms with E-state index in [1.165, 1.54) is 30.3 Å². The Bertz CT molecular complexity index is 1530. The lowest BCUT2D eigenvalue weighted by molar-refractivity contribution is -0.384. The molecule has 0 saturated carbocycles. The third-order valence-electron chi connectivity index (χ3n) is 6.67. The van der Waals surface area contributed by atoms with Crippen LogP contribution in [-0.2, 0) is 9.59 Å². The monoisotopic (exact) mass is 577 g/mol. The van der Waals surface area contributed by atoms with Gasteiger partial charge in [0, 0.05) is 36.5 Å². The molecule has 0 spiro atoms. The first kappa shape index (κ1) is 29.6. The lowest BCUT2D eigenvalue weighted by Gasteiger charge is -2.31. The summed E-state index contributed by atoms with van der Waals surface area (Å²) >= 11 is 0. The van der Waals surface area contributed by atoms with Gasteiger partial charge in [-0.1, -0.05) is 18.2 Å². The number of carboxylic acids is 1. The number of halogens is 1. The van der Waals surface area contributed by atoms with Gasteiger partial charge in [-0.25, -0.2) is 9.18 Å². The smallest absolute Gasteiger partial charge is 0.323 e. The molecule has 4 amide bonds. The molecule has 1 aliphatic rings. The Morgan fingerprint density at radius 1 is 1.00 bits per heavy atom. The molecule has 4 rings (SSSR count). The number of amides is 4. The molecule has 12 nitrogen and oxygen atoms in total. The number of carbonyl (C=O) groups is 4. The summed E-state index contributed by atoms with van der Waals surface area (Å²) in [4.78, 5) is 65.2. The molecule has 0 aromatic heterocycles. The Morgan fingerprint density at radius 3 is 2.26 bits per heavy atom. The lowest BCUT2D eigenvalue weighted by atomic mass is 10.0. The number of non-ortho nitro benzene ring substituents is 1. The summed E-state index contributed by atoms with van der Waals surface area (Å²) in [6.07, 6.45) is -2.14. The molecule has 218 valence electrons. The highest BCUT2D eigenvalue weighted by atomic mass is 19.1. The zero-order chi connectivity index (χ0) is 30.6. The van der Waals surface area contributed by atoms with Crippen LogP contribution in [0.3, 0.4) is 0 Å². The Morgan fingerprint density at radius 2 is 1.64 bits per heavy atom. The van der Waals surface area contributed by atoms with E-state index in [2.05, 4.69) is 10.6 Å². The predicted molar refractivity (Wildman–Crippen MR) is 149 cm³/mol. The first-order chi connectivity index (χ1) is 19.9. The molecule has 0 aliphatic carbocycles. The number of aliphatic carboxylic acids is 1. The second-order valence-electron chi connectivity index (χ2n) is 9.89. The number of hydrogen-bond acceptors (Lipinski definition) is 6. The first-order valence-electron chi connectivity index (χ1n) is 12.9. The molecule has 1 fully saturated rings. The van der Waals surface area contributed by atoms with Crippen molar-refractivity contribution in [3.63, 3.8) is 0 Å². The van der Waals surface area contributed by atoms with Crippen LogP contribution in [0.1, 0.15) is 39.5 Å². The Labute approximate surface area is 239 Å². The third kappa shape index (κ3) is 6.86. The Kier molecular flexibility index (Phi) is 8.79. The van der Waals surface area contributed by atoms with E-state index < -0.39 is 53.2 Å². The van der Waals surface area contributed by atoms with E-state index in [4.69, 9.17) is 0 Å². The van der Waals surface area contributed by atoms with Crippen molar-refractivity contribution < 1.29 is 33.6 Å². The number of nitro groups is 1. The first-order valence-corrected chi connectivity index (χ1v) is 12.9. The number of urea groups is 1. The minimum Gasteiger partial charge on any atom is -0.481 e. The summed E-state index contributed by atoms with van der Waals surface area (Å²) in [7, 11) is 0. The van der Waals surface area contributed by atoms with Crippen molar-refractivity contribution in [1.82, 2.24) is 15.1 Å². The third-order valence-corrected chi connectivity index (χ3v) is 6.67. The van der Waals surface area contributed by atoms with Gasteiger partial charge in [-0.15, -0.1) is 0 Å². The zero-order valence-electron chi connectivity index (χ0n) is 22.7. The minimum atomic E-state index is -1.51. The highest BCUT2D eigenvalue weighted by molar-refractivity contribution is 6.00. The number of hydrogen-bond donors (Lipinski definition) is 3. The minimum absolute atomic E-state index is 0.0396. The second-order valence-corrected chi connectivity index (χ2v) is 9.89. The number of rotatable bonds is 8. The molecule has 3 aromatic carbocycles. The van der Waals surface area contributed by atoms with Gasteiger partial charge in [-0.05, 0) is 66.9 Å². The fourth-order valence-electron chi connectivity index (χ4n) is 4.87. The maximum Gasteiger partial charge on any atom is 0.323 e. The maximum absolute atomic E-state index is 13.8. The molecule has 2 unspecified atom stereocenters. The Balaban J connectivity index is 1.67. The summed E-state index contributed by atoms with van der Waals surface area (Å²) in [5, 5.41) is 26.1. The number of carbonyl (C=O) groups excluding carboxylic acids is 3. The number of nitrogens with one attached hydrogen (secondary N) is 2. The van der Waals surface area contributed by atoms with E-state index in [1.807, 2.05) is 19.9 Å². The fourth-order valence-corrected chi connectivity index (χ4v) is 4.87. The molecule has 0 bridgehead atoms. The van der Waals surface area contributed by atoms with E-state index in [0.29, 0.717) is 5.69 Å². The van der Waals surface area contributed by atoms with Crippen molar-refractivity contribution in [2.45, 2.75) is 32.5 Å². The summed E-state index contributed by atoms with van der Waals surface area (Å²) in [5.74, 6) is -3.38. The standard InChI is InChI=1S/C29H28FN5O7/c1-17-12-18(2)14-22(13-17)31-29(40)34-11-10-33(28(39)19-6-8-21(30)9-7-19)27(34)26(38)32-24(16-25(36)37)20-4-3-5-23(15-20)35(41)42/h3-9,12-15,24,27H,10-11,16H2,1-2H3,(H,31,40)(H,32,38)(H,36,37). The van der Waals surface area contributed by atoms with Crippen LogP contribution in [0.4, 0.5) is 20.6 Å². The molecule has 3 N–H and O–H groups in total. The summed E-state index contributed by atoms with van der Waals surface area (Å²) < 4.78 is 13.5. The van der Waals surface area contributed by atoms with Crippen LogP contribution in [0.15, 0.2) is 66.7 Å². The van der Waals surface area contributed by atoms with Crippen LogP contribution < -0.4 is 10.6 Å². The van der Waals surface area contributed by atoms with Crippen molar-refractivity contribution in [2.24, 2.45) is 0 Å². The molecule has 13 heteroatoms. The van der Waals surface area contributed by atoms with Crippen molar-refractivity contribution in [2.75, 3.05) is 18.4 Å². The number of aryl methyl sites for hydroxylation is 2. The average molecular weight is 578 g/mol. The van der Waals surface area contributed by atoms with Gasteiger partial charge in [-0.3, -0.25) is 29.4 Å². The van der Waals surface area contributed by atoms with E-state index in [9.17, 15) is 38.8 Å². The van der Waals surface area contributed by atoms with Gasteiger partial charge in [0.25, 0.3) is 17.5 Å². The van der Waals surface area contributed by atoms with E-state index >= 15 is 0 Å². The van der Waals surface area contributed by atoms with Crippen molar-refractivity contribution in [1.29, 1.82) is 0 Å². The van der Waals surface area contributed by atoms with Crippen molar-refractivity contribution >= 4 is 35.2 Å². The summed E-state index contributed by atoms with van der Waals surface area (Å²) in [6.45, 7) is 3.62. The maximum atomic E-state index is 13.8. The number of carboxylic acid groups (broad SMARTS) is 1. The molecule has 1 aliphatic heterocycles. The molecule has 2 atom stereocenters. The molecule has 1 saturated heterocycles. The van der Waals surface area contributed by atoms with Gasteiger partial charge in [-0.2, -0.15) is 0 Å². The molecule has 3 aromatic rings. The van der Waals surface area contributed by atoms with E-state index in [1.54, 1.807) is 12.1 Å². The highest BCUT2D eigenvalue weighted by Crippen LogP contribution is 2.25. The lowest BCUT2D eigenvalue weighted by Crippen LogP contribution is -2.55. The zero-order valence-corrected chi connectivity index (χ0v) is 22.7. The molecule has 42 heavy (non-hydrogen) atoms. The van der Waals surface area contributed by atoms with Gasteiger partial charge in [0.1, 0.15) is 5.82 Å². The van der Waals surface area contributed by atoms with Crippen molar-refractivity contribution in [3.05, 3.63) is 105 Å². The van der Waals surface area contributed by atoms with E-state index in [0.717, 1.165) is 39.1 Å². The largest absolute Gasteiger partial charge is 0.481 e. The van der Waals surface area contributed by atoms with Gasteiger partial charge in [0.2, 0.25) is 0 Å². The van der Waals surface area contributed by atoms with Crippen LogP contribution in [0.25, 0.3) is 0 Å². The van der Waals surface area contributed by atoms with Crippen LogP contribution in [-0.4, -0.2) is 62.9 Å². The SMILES string of the molecule is Cc1cc(C)cc(NC(=O)N2CCN(C(=O)c3ccc(F)cc3)C2C(=O)NC(CC(=O)O)c2cccc([N+](=O)[O-])c2)c1. The number of nitro benzene ring substituents is 1. The van der Waals surface area contributed by atoms with Gasteiger partial charge < -0.3 is 20.6 Å². The normalized spacial score (nSPS) is 15.2. The fraction of sp³-hybridized carbons (Fsp3) is 0.241. The van der Waals surface area contributed by atoms with Crippen LogP contribution in [0.2, 0.25) is 0 Å². The Hall–Kier alpha value is -5.33. The number of nitrogens with zero attached hydrogens (tertiary/aromatic N) is 3.